The zero-order valence-electron chi connectivity index (χ0n) is 22.3. The van der Waals surface area contributed by atoms with Gasteiger partial charge in [-0.15, -0.1) is 0 Å². The van der Waals surface area contributed by atoms with Gasteiger partial charge in [-0.3, -0.25) is 9.59 Å². The van der Waals surface area contributed by atoms with Crippen molar-refractivity contribution in [2.24, 2.45) is 0 Å². The second-order valence-corrected chi connectivity index (χ2v) is 10.2. The van der Waals surface area contributed by atoms with Crippen LogP contribution >= 0.6 is 0 Å². The van der Waals surface area contributed by atoms with Crippen LogP contribution in [0.1, 0.15) is 46.5 Å². The van der Waals surface area contributed by atoms with Gasteiger partial charge in [0.05, 0.1) is 11.8 Å². The molecule has 1 aliphatic rings. The molecule has 41 heavy (non-hydrogen) atoms. The van der Waals surface area contributed by atoms with Crippen molar-refractivity contribution in [3.63, 3.8) is 0 Å². The summed E-state index contributed by atoms with van der Waals surface area (Å²) in [6.45, 7) is 0. The van der Waals surface area contributed by atoms with Crippen LogP contribution in [0.5, 0.6) is 0 Å². The third-order valence-electron chi connectivity index (χ3n) is 7.33. The van der Waals surface area contributed by atoms with Gasteiger partial charge in [0.1, 0.15) is 23.0 Å². The quantitative estimate of drug-likeness (QED) is 0.241. The maximum absolute atomic E-state index is 14.2. The molecular weight excluding hydrogens is 519 g/mol. The largest absolute Gasteiger partial charge is 0.349 e. The molecule has 8 nitrogen and oxygen atoms in total. The zero-order chi connectivity index (χ0) is 28.2. The molecule has 5 aromatic rings. The predicted octanol–water partition coefficient (Wildman–Crippen LogP) is 5.75. The molecule has 1 saturated carbocycles. The smallest absolute Gasteiger partial charge is 0.271 e. The van der Waals surface area contributed by atoms with Crippen molar-refractivity contribution in [2.75, 3.05) is 5.32 Å². The summed E-state index contributed by atoms with van der Waals surface area (Å²) in [5, 5.41) is 9.29. The molecule has 0 radical (unpaired) electrons. The van der Waals surface area contributed by atoms with Crippen molar-refractivity contribution in [1.29, 1.82) is 0 Å². The molecule has 0 spiro atoms. The van der Waals surface area contributed by atoms with E-state index >= 15 is 0 Å². The molecular formula is C32H29FN6O2. The fraction of sp³-hybridized carbons (Fsp3) is 0.188. The molecule has 0 saturated heterocycles. The van der Waals surface area contributed by atoms with Gasteiger partial charge < -0.3 is 20.4 Å². The number of nitrogens with zero attached hydrogens (tertiary/aromatic N) is 3. The van der Waals surface area contributed by atoms with E-state index in [2.05, 4.69) is 25.9 Å². The topological polar surface area (TPSA) is 100 Å². The number of carbonyl (C=O) groups excluding carboxylic acids is 2. The Morgan fingerprint density at radius 2 is 1.51 bits per heavy atom. The van der Waals surface area contributed by atoms with Crippen LogP contribution in [0.4, 0.5) is 15.9 Å². The minimum atomic E-state index is -0.586. The maximum Gasteiger partial charge on any atom is 0.271 e. The van der Waals surface area contributed by atoms with E-state index in [4.69, 9.17) is 0 Å². The lowest BCUT2D eigenvalue weighted by Gasteiger charge is -2.29. The number of nitrogens with one attached hydrogen (secondary N) is 3. The lowest BCUT2D eigenvalue weighted by Crippen LogP contribution is -2.44. The molecule has 3 aromatic heterocycles. The van der Waals surface area contributed by atoms with Crippen LogP contribution in [-0.4, -0.2) is 38.3 Å². The number of carbonyl (C=O) groups is 2. The highest BCUT2D eigenvalue weighted by Gasteiger charge is 2.26. The van der Waals surface area contributed by atoms with Crippen LogP contribution in [0.3, 0.4) is 0 Å². The highest BCUT2D eigenvalue weighted by Crippen LogP contribution is 2.26. The molecule has 2 aromatic carbocycles. The fourth-order valence-electron chi connectivity index (χ4n) is 5.20. The number of hydrogen-bond acceptors (Lipinski definition) is 5. The van der Waals surface area contributed by atoms with E-state index in [9.17, 15) is 14.0 Å². The Kier molecular flexibility index (Phi) is 7.40. The third-order valence-corrected chi connectivity index (χ3v) is 7.33. The molecule has 0 atom stereocenters. The number of fused-ring (bicyclic) bond motifs is 1. The minimum absolute atomic E-state index is 0.00887. The Morgan fingerprint density at radius 3 is 2.27 bits per heavy atom. The molecule has 3 N–H and O–H groups in total. The van der Waals surface area contributed by atoms with Crippen LogP contribution in [0.25, 0.3) is 16.8 Å². The maximum atomic E-state index is 14.2. The van der Waals surface area contributed by atoms with Gasteiger partial charge in [-0.2, -0.15) is 0 Å². The summed E-state index contributed by atoms with van der Waals surface area (Å²) < 4.78 is 16.0. The van der Waals surface area contributed by atoms with Crippen molar-refractivity contribution >= 4 is 29.0 Å². The average molecular weight is 549 g/mol. The molecule has 206 valence electrons. The molecule has 1 aliphatic carbocycles. The molecule has 3 heterocycles. The van der Waals surface area contributed by atoms with Crippen molar-refractivity contribution in [1.82, 2.24) is 25.0 Å². The summed E-state index contributed by atoms with van der Waals surface area (Å²) in [6.07, 6.45) is 7.46. The van der Waals surface area contributed by atoms with Crippen molar-refractivity contribution in [2.45, 2.75) is 37.8 Å². The SMILES string of the molecule is O=C(NC1CCC(NC(=O)c2cc(F)cnc2Nc2cccc(-c3ccccc3)c2)CC1)c1cn2ccccc2n1. The molecule has 0 aliphatic heterocycles. The first-order valence-corrected chi connectivity index (χ1v) is 13.7. The summed E-state index contributed by atoms with van der Waals surface area (Å²) in [6, 6.07) is 24.4. The highest BCUT2D eigenvalue weighted by molar-refractivity contribution is 5.99. The monoisotopic (exact) mass is 548 g/mol. The summed E-state index contributed by atoms with van der Waals surface area (Å²) >= 11 is 0. The number of imidazole rings is 1. The zero-order valence-corrected chi connectivity index (χ0v) is 22.3. The average Bonchev–Trinajstić information content (AvgIpc) is 3.44. The number of halogens is 1. The van der Waals surface area contributed by atoms with Crippen LogP contribution in [0.2, 0.25) is 0 Å². The summed E-state index contributed by atoms with van der Waals surface area (Å²) in [5.41, 5.74) is 4.03. The van der Waals surface area contributed by atoms with Gasteiger partial charge in [-0.05, 0) is 67.1 Å². The Balaban J connectivity index is 1.07. The number of pyridine rings is 2. The van der Waals surface area contributed by atoms with Crippen molar-refractivity contribution in [3.8, 4) is 11.1 Å². The first-order valence-electron chi connectivity index (χ1n) is 13.7. The van der Waals surface area contributed by atoms with Crippen LogP contribution in [0.15, 0.2) is 97.5 Å². The fourth-order valence-corrected chi connectivity index (χ4v) is 5.20. The van der Waals surface area contributed by atoms with Crippen LogP contribution < -0.4 is 16.0 Å². The van der Waals surface area contributed by atoms with E-state index in [0.717, 1.165) is 23.0 Å². The molecule has 0 unspecified atom stereocenters. The number of anilines is 2. The molecule has 0 bridgehead atoms. The summed E-state index contributed by atoms with van der Waals surface area (Å²) in [7, 11) is 0. The number of amides is 2. The number of rotatable bonds is 7. The number of aromatic nitrogens is 3. The first kappa shape index (κ1) is 26.2. The number of benzene rings is 2. The molecule has 6 rings (SSSR count). The van der Waals surface area contributed by atoms with Crippen LogP contribution in [-0.2, 0) is 0 Å². The first-order chi connectivity index (χ1) is 20.0. The Bertz CT molecular complexity index is 1660. The van der Waals surface area contributed by atoms with Gasteiger partial charge in [-0.25, -0.2) is 14.4 Å². The second-order valence-electron chi connectivity index (χ2n) is 10.2. The van der Waals surface area contributed by atoms with E-state index in [1.807, 2.05) is 83.4 Å². The van der Waals surface area contributed by atoms with E-state index < -0.39 is 11.7 Å². The van der Waals surface area contributed by atoms with Gasteiger partial charge in [-0.1, -0.05) is 48.5 Å². The third kappa shape index (κ3) is 6.09. The van der Waals surface area contributed by atoms with Crippen LogP contribution in [0, 0.1) is 5.82 Å². The van der Waals surface area contributed by atoms with Gasteiger partial charge in [0.15, 0.2) is 0 Å². The lowest BCUT2D eigenvalue weighted by molar-refractivity contribution is 0.0889. The normalized spacial score (nSPS) is 16.7. The van der Waals surface area contributed by atoms with Gasteiger partial charge >= 0.3 is 0 Å². The molecule has 9 heteroatoms. The lowest BCUT2D eigenvalue weighted by atomic mass is 9.91. The highest BCUT2D eigenvalue weighted by atomic mass is 19.1. The Hall–Kier alpha value is -5.05. The van der Waals surface area contributed by atoms with Gasteiger partial charge in [0, 0.05) is 30.2 Å². The van der Waals surface area contributed by atoms with E-state index in [0.29, 0.717) is 37.0 Å². The minimum Gasteiger partial charge on any atom is -0.349 e. The van der Waals surface area contributed by atoms with E-state index in [1.165, 1.54) is 6.07 Å². The summed E-state index contributed by atoms with van der Waals surface area (Å²) in [5.74, 6) is -0.908. The second kappa shape index (κ2) is 11.6. The standard InChI is InChI=1S/C32H29FN6O2/c33-23-18-27(30(34-19-23)35-26-10-6-9-22(17-26)21-7-2-1-3-8-21)31(40)36-24-12-14-25(15-13-24)37-32(41)28-20-39-16-5-4-11-29(39)38-28/h1-11,16-20,24-25H,12-15H2,(H,34,35)(H,36,40)(H,37,41). The van der Waals surface area contributed by atoms with E-state index in [-0.39, 0.29) is 29.4 Å². The summed E-state index contributed by atoms with van der Waals surface area (Å²) in [4.78, 5) is 34.6. The molecule has 1 fully saturated rings. The van der Waals surface area contributed by atoms with Crippen molar-refractivity contribution in [3.05, 3.63) is 115 Å². The number of hydrogen-bond donors (Lipinski definition) is 3. The van der Waals surface area contributed by atoms with Gasteiger partial charge in [0.25, 0.3) is 11.8 Å². The molecule has 2 amide bonds. The van der Waals surface area contributed by atoms with E-state index in [1.54, 1.807) is 6.20 Å². The Morgan fingerprint density at radius 1 is 0.805 bits per heavy atom. The predicted molar refractivity (Wildman–Crippen MR) is 156 cm³/mol. The van der Waals surface area contributed by atoms with Gasteiger partial charge in [0.2, 0.25) is 0 Å². The van der Waals surface area contributed by atoms with Crippen molar-refractivity contribution < 1.29 is 14.0 Å². The Labute approximate surface area is 236 Å².